The normalized spacial score (nSPS) is 21.0. The van der Waals surface area contributed by atoms with E-state index in [1.165, 1.54) is 24.1 Å². The second-order valence-corrected chi connectivity index (χ2v) is 6.95. The van der Waals surface area contributed by atoms with Crippen LogP contribution >= 0.6 is 0 Å². The molecular formula is C19H30N2O2. The van der Waals surface area contributed by atoms with E-state index in [1.807, 2.05) is 0 Å². The van der Waals surface area contributed by atoms with Gasteiger partial charge in [0.2, 0.25) is 0 Å². The van der Waals surface area contributed by atoms with Gasteiger partial charge in [-0.15, -0.1) is 0 Å². The van der Waals surface area contributed by atoms with Gasteiger partial charge in [-0.2, -0.15) is 0 Å². The molecule has 23 heavy (non-hydrogen) atoms. The van der Waals surface area contributed by atoms with Gasteiger partial charge in [0.25, 0.3) is 0 Å². The third-order valence-electron chi connectivity index (χ3n) is 5.23. The molecule has 0 saturated carbocycles. The van der Waals surface area contributed by atoms with E-state index in [9.17, 15) is 0 Å². The Morgan fingerprint density at radius 1 is 1.09 bits per heavy atom. The van der Waals surface area contributed by atoms with Crippen molar-refractivity contribution in [3.05, 3.63) is 23.8 Å². The number of rotatable bonds is 4. The molecule has 3 rings (SSSR count). The van der Waals surface area contributed by atoms with Gasteiger partial charge in [0.05, 0.1) is 20.3 Å². The maximum Gasteiger partial charge on any atom is 0.124 e. The highest BCUT2D eigenvalue weighted by atomic mass is 16.5. The molecule has 4 nitrogen and oxygen atoms in total. The Balaban J connectivity index is 1.63. The summed E-state index contributed by atoms with van der Waals surface area (Å²) >= 11 is 0. The van der Waals surface area contributed by atoms with E-state index in [4.69, 9.17) is 9.47 Å². The molecule has 0 amide bonds. The van der Waals surface area contributed by atoms with Gasteiger partial charge in [-0.25, -0.2) is 0 Å². The quantitative estimate of drug-likeness (QED) is 0.851. The average molecular weight is 318 g/mol. The molecule has 2 aliphatic heterocycles. The number of hydrogen-bond donors (Lipinski definition) is 0. The molecule has 0 spiro atoms. The van der Waals surface area contributed by atoms with Crippen molar-refractivity contribution < 1.29 is 9.47 Å². The molecule has 2 heterocycles. The average Bonchev–Trinajstić information content (AvgIpc) is 2.62. The molecule has 2 saturated heterocycles. The molecule has 1 aromatic rings. The number of hydrogen-bond acceptors (Lipinski definition) is 4. The maximum atomic E-state index is 5.61. The zero-order chi connectivity index (χ0) is 16.2. The van der Waals surface area contributed by atoms with Crippen LogP contribution in [-0.4, -0.2) is 57.4 Å². The number of morpholine rings is 1. The standard InChI is InChI=1S/C19H30N2O2/c1-15(2)18-5-4-17(14-19(18)22-3)20-8-6-16(7-9-20)21-10-12-23-13-11-21/h4-5,14-16H,6-13H2,1-3H3. The molecule has 0 aliphatic carbocycles. The largest absolute Gasteiger partial charge is 0.496 e. The Hall–Kier alpha value is -1.26. The lowest BCUT2D eigenvalue weighted by molar-refractivity contribution is 0.0115. The number of methoxy groups -OCH3 is 1. The van der Waals surface area contributed by atoms with Crippen LogP contribution < -0.4 is 9.64 Å². The van der Waals surface area contributed by atoms with Crippen LogP contribution in [0.4, 0.5) is 5.69 Å². The van der Waals surface area contributed by atoms with E-state index in [0.29, 0.717) is 5.92 Å². The van der Waals surface area contributed by atoms with Gasteiger partial charge < -0.3 is 14.4 Å². The molecule has 2 fully saturated rings. The topological polar surface area (TPSA) is 24.9 Å². The lowest BCUT2D eigenvalue weighted by Gasteiger charge is -2.41. The monoisotopic (exact) mass is 318 g/mol. The zero-order valence-electron chi connectivity index (χ0n) is 14.8. The molecule has 4 heteroatoms. The van der Waals surface area contributed by atoms with Crippen molar-refractivity contribution in [2.24, 2.45) is 0 Å². The molecule has 2 aliphatic rings. The van der Waals surface area contributed by atoms with Gasteiger partial charge >= 0.3 is 0 Å². The van der Waals surface area contributed by atoms with Crippen LogP contribution in [0.1, 0.15) is 38.2 Å². The van der Waals surface area contributed by atoms with E-state index in [1.54, 1.807) is 7.11 Å². The number of nitrogens with zero attached hydrogens (tertiary/aromatic N) is 2. The maximum absolute atomic E-state index is 5.61. The van der Waals surface area contributed by atoms with E-state index in [0.717, 1.165) is 51.2 Å². The third-order valence-corrected chi connectivity index (χ3v) is 5.23. The fourth-order valence-electron chi connectivity index (χ4n) is 3.81. The van der Waals surface area contributed by atoms with Gasteiger partial charge in [-0.1, -0.05) is 19.9 Å². The number of piperidine rings is 1. The molecule has 0 atom stereocenters. The Morgan fingerprint density at radius 3 is 2.39 bits per heavy atom. The van der Waals surface area contributed by atoms with Crippen LogP contribution in [-0.2, 0) is 4.74 Å². The Morgan fingerprint density at radius 2 is 1.78 bits per heavy atom. The van der Waals surface area contributed by atoms with E-state index < -0.39 is 0 Å². The van der Waals surface area contributed by atoms with Crippen LogP contribution in [0.5, 0.6) is 5.75 Å². The number of benzene rings is 1. The van der Waals surface area contributed by atoms with Crippen molar-refractivity contribution in [1.82, 2.24) is 4.90 Å². The lowest BCUT2D eigenvalue weighted by atomic mass is 9.99. The van der Waals surface area contributed by atoms with Gasteiger partial charge in [-0.05, 0) is 30.4 Å². The Labute approximate surface area is 140 Å². The van der Waals surface area contributed by atoms with Crippen molar-refractivity contribution in [3.8, 4) is 5.75 Å². The van der Waals surface area contributed by atoms with E-state index >= 15 is 0 Å². The van der Waals surface area contributed by atoms with Crippen molar-refractivity contribution in [3.63, 3.8) is 0 Å². The summed E-state index contributed by atoms with van der Waals surface area (Å²) in [7, 11) is 1.77. The van der Waals surface area contributed by atoms with Gasteiger partial charge in [0.1, 0.15) is 5.75 Å². The number of anilines is 1. The van der Waals surface area contributed by atoms with Crippen LogP contribution in [0.3, 0.4) is 0 Å². The third kappa shape index (κ3) is 3.81. The van der Waals surface area contributed by atoms with E-state index in [2.05, 4.69) is 41.8 Å². The van der Waals surface area contributed by atoms with Crippen LogP contribution in [0.2, 0.25) is 0 Å². The summed E-state index contributed by atoms with van der Waals surface area (Å²) in [5.74, 6) is 1.51. The summed E-state index contributed by atoms with van der Waals surface area (Å²) in [4.78, 5) is 5.12. The van der Waals surface area contributed by atoms with Crippen LogP contribution in [0, 0.1) is 0 Å². The molecule has 0 N–H and O–H groups in total. The first kappa shape index (κ1) is 16.6. The molecular weight excluding hydrogens is 288 g/mol. The van der Waals surface area contributed by atoms with Crippen molar-refractivity contribution in [1.29, 1.82) is 0 Å². The summed E-state index contributed by atoms with van der Waals surface area (Å²) < 4.78 is 11.1. The first-order valence-corrected chi connectivity index (χ1v) is 8.93. The lowest BCUT2D eigenvalue weighted by Crippen LogP contribution is -2.49. The highest BCUT2D eigenvalue weighted by Gasteiger charge is 2.26. The predicted molar refractivity (Wildman–Crippen MR) is 94.7 cm³/mol. The minimum absolute atomic E-state index is 0.492. The summed E-state index contributed by atoms with van der Waals surface area (Å²) in [6.07, 6.45) is 2.49. The Kier molecular flexibility index (Phi) is 5.44. The molecule has 0 aromatic heterocycles. The smallest absolute Gasteiger partial charge is 0.124 e. The fourth-order valence-corrected chi connectivity index (χ4v) is 3.81. The van der Waals surface area contributed by atoms with Gasteiger partial charge in [0, 0.05) is 44.0 Å². The second kappa shape index (κ2) is 7.54. The van der Waals surface area contributed by atoms with Gasteiger partial charge in [0.15, 0.2) is 0 Å². The minimum Gasteiger partial charge on any atom is -0.496 e. The highest BCUT2D eigenvalue weighted by molar-refractivity contribution is 5.54. The minimum atomic E-state index is 0.492. The first-order chi connectivity index (χ1) is 11.2. The number of ether oxygens (including phenoxy) is 2. The second-order valence-electron chi connectivity index (χ2n) is 6.95. The van der Waals surface area contributed by atoms with Crippen molar-refractivity contribution in [2.75, 3.05) is 51.4 Å². The molecule has 0 bridgehead atoms. The van der Waals surface area contributed by atoms with E-state index in [-0.39, 0.29) is 0 Å². The highest BCUT2D eigenvalue weighted by Crippen LogP contribution is 2.32. The van der Waals surface area contributed by atoms with Crippen molar-refractivity contribution in [2.45, 2.75) is 38.6 Å². The summed E-state index contributed by atoms with van der Waals surface area (Å²) in [5, 5.41) is 0. The zero-order valence-corrected chi connectivity index (χ0v) is 14.8. The molecule has 0 unspecified atom stereocenters. The molecule has 0 radical (unpaired) electrons. The van der Waals surface area contributed by atoms with Gasteiger partial charge in [-0.3, -0.25) is 4.90 Å². The summed E-state index contributed by atoms with van der Waals surface area (Å²) in [5.41, 5.74) is 2.59. The SMILES string of the molecule is COc1cc(N2CCC(N3CCOCC3)CC2)ccc1C(C)C. The summed E-state index contributed by atoms with van der Waals surface area (Å²) in [6.45, 7) is 10.7. The molecule has 1 aromatic carbocycles. The van der Waals surface area contributed by atoms with Crippen LogP contribution in [0.15, 0.2) is 18.2 Å². The summed E-state index contributed by atoms with van der Waals surface area (Å²) in [6, 6.07) is 7.43. The first-order valence-electron chi connectivity index (χ1n) is 8.93. The van der Waals surface area contributed by atoms with Crippen LogP contribution in [0.25, 0.3) is 0 Å². The predicted octanol–water partition coefficient (Wildman–Crippen LogP) is 3.12. The molecule has 128 valence electrons. The fraction of sp³-hybridized carbons (Fsp3) is 0.684. The Bertz CT molecular complexity index is 504. The van der Waals surface area contributed by atoms with Crippen molar-refractivity contribution >= 4 is 5.69 Å².